The van der Waals surface area contributed by atoms with Crippen molar-refractivity contribution in [1.82, 2.24) is 4.90 Å². The Bertz CT molecular complexity index is 590. The maximum absolute atomic E-state index is 3.51. The number of nitrogens with one attached hydrogen (secondary N) is 1. The Labute approximate surface area is 137 Å². The number of rotatable bonds is 4. The van der Waals surface area contributed by atoms with Crippen LogP contribution in [0.1, 0.15) is 49.3 Å². The third kappa shape index (κ3) is 2.92. The molecule has 2 atom stereocenters. The van der Waals surface area contributed by atoms with Crippen LogP contribution in [0.5, 0.6) is 0 Å². The average Bonchev–Trinajstić information content (AvgIpc) is 3.23. The summed E-state index contributed by atoms with van der Waals surface area (Å²) in [7, 11) is 0. The molecular weight excluding hydrogens is 288 g/mol. The van der Waals surface area contributed by atoms with E-state index in [0.717, 1.165) is 12.6 Å². The van der Waals surface area contributed by atoms with E-state index in [1.807, 2.05) is 0 Å². The topological polar surface area (TPSA) is 15.3 Å². The first-order chi connectivity index (χ1) is 10.9. The van der Waals surface area contributed by atoms with Gasteiger partial charge in [-0.05, 0) is 72.3 Å². The summed E-state index contributed by atoms with van der Waals surface area (Å²) in [5, 5.41) is 7.85. The molecule has 22 heavy (non-hydrogen) atoms. The molecule has 1 N–H and O–H groups in total. The summed E-state index contributed by atoms with van der Waals surface area (Å²) in [6.45, 7) is 2.22. The summed E-state index contributed by atoms with van der Waals surface area (Å²) in [4.78, 5) is 2.76. The van der Waals surface area contributed by atoms with Gasteiger partial charge in [-0.15, -0.1) is 0 Å². The summed E-state index contributed by atoms with van der Waals surface area (Å²) in [5.74, 6) is 0. The number of anilines is 1. The van der Waals surface area contributed by atoms with Crippen LogP contribution >= 0.6 is 11.3 Å². The van der Waals surface area contributed by atoms with Crippen molar-refractivity contribution in [2.24, 2.45) is 0 Å². The van der Waals surface area contributed by atoms with Crippen molar-refractivity contribution in [2.45, 2.75) is 50.7 Å². The first-order valence-electron chi connectivity index (χ1n) is 8.51. The number of piperidine rings is 1. The molecule has 4 rings (SSSR count). The van der Waals surface area contributed by atoms with Crippen molar-refractivity contribution in [3.05, 3.63) is 52.2 Å². The molecule has 2 aliphatic rings. The summed E-state index contributed by atoms with van der Waals surface area (Å²) >= 11 is 1.76. The fraction of sp³-hybridized carbons (Fsp3) is 0.474. The second-order valence-corrected chi connectivity index (χ2v) is 7.37. The molecule has 0 bridgehead atoms. The fourth-order valence-electron chi connectivity index (χ4n) is 4.04. The van der Waals surface area contributed by atoms with E-state index in [1.165, 1.54) is 55.5 Å². The SMILES string of the molecule is c1cc(CNc2ccc(C3CCC4CCCCN43)cc2)cs1. The van der Waals surface area contributed by atoms with Gasteiger partial charge in [0.25, 0.3) is 0 Å². The number of hydrogen-bond acceptors (Lipinski definition) is 3. The van der Waals surface area contributed by atoms with E-state index in [9.17, 15) is 0 Å². The van der Waals surface area contributed by atoms with Crippen LogP contribution < -0.4 is 5.32 Å². The van der Waals surface area contributed by atoms with Crippen molar-refractivity contribution >= 4 is 17.0 Å². The molecule has 1 aromatic heterocycles. The molecule has 0 aliphatic carbocycles. The van der Waals surface area contributed by atoms with Crippen molar-refractivity contribution in [3.63, 3.8) is 0 Å². The zero-order valence-electron chi connectivity index (χ0n) is 13.0. The molecule has 0 saturated carbocycles. The first kappa shape index (κ1) is 14.3. The van der Waals surface area contributed by atoms with Crippen molar-refractivity contribution < 1.29 is 0 Å². The zero-order valence-corrected chi connectivity index (χ0v) is 13.8. The molecule has 2 aromatic rings. The molecule has 0 spiro atoms. The van der Waals surface area contributed by atoms with Crippen molar-refractivity contribution in [1.29, 1.82) is 0 Å². The van der Waals surface area contributed by atoms with Crippen LogP contribution in [-0.2, 0) is 6.54 Å². The minimum absolute atomic E-state index is 0.663. The van der Waals surface area contributed by atoms with Crippen LogP contribution in [0.25, 0.3) is 0 Å². The van der Waals surface area contributed by atoms with E-state index in [0.29, 0.717) is 6.04 Å². The third-order valence-corrected chi connectivity index (χ3v) is 5.95. The minimum Gasteiger partial charge on any atom is -0.381 e. The quantitative estimate of drug-likeness (QED) is 0.850. The van der Waals surface area contributed by atoms with Gasteiger partial charge in [0.05, 0.1) is 0 Å². The highest BCUT2D eigenvalue weighted by molar-refractivity contribution is 7.07. The molecule has 3 heterocycles. The van der Waals surface area contributed by atoms with E-state index >= 15 is 0 Å². The zero-order chi connectivity index (χ0) is 14.8. The lowest BCUT2D eigenvalue weighted by Crippen LogP contribution is -2.35. The molecule has 2 fully saturated rings. The summed E-state index contributed by atoms with van der Waals surface area (Å²) in [6.07, 6.45) is 6.96. The number of hydrogen-bond donors (Lipinski definition) is 1. The van der Waals surface area contributed by atoms with Crippen LogP contribution in [0.15, 0.2) is 41.1 Å². The van der Waals surface area contributed by atoms with Gasteiger partial charge in [-0.25, -0.2) is 0 Å². The monoisotopic (exact) mass is 312 g/mol. The van der Waals surface area contributed by atoms with Crippen LogP contribution in [0, 0.1) is 0 Å². The van der Waals surface area contributed by atoms with E-state index in [4.69, 9.17) is 0 Å². The number of benzene rings is 1. The number of thiophene rings is 1. The highest BCUT2D eigenvalue weighted by atomic mass is 32.1. The molecule has 0 amide bonds. The predicted molar refractivity (Wildman–Crippen MR) is 94.4 cm³/mol. The van der Waals surface area contributed by atoms with Gasteiger partial charge in [0.2, 0.25) is 0 Å². The van der Waals surface area contributed by atoms with Gasteiger partial charge >= 0.3 is 0 Å². The average molecular weight is 312 g/mol. The Morgan fingerprint density at radius 3 is 2.77 bits per heavy atom. The Morgan fingerprint density at radius 2 is 1.95 bits per heavy atom. The maximum atomic E-state index is 3.51. The highest BCUT2D eigenvalue weighted by Gasteiger charge is 2.35. The lowest BCUT2D eigenvalue weighted by Gasteiger charge is -2.34. The second kappa shape index (κ2) is 6.43. The van der Waals surface area contributed by atoms with Gasteiger partial charge in [-0.1, -0.05) is 18.6 Å². The van der Waals surface area contributed by atoms with Gasteiger partial charge in [0, 0.05) is 24.3 Å². The second-order valence-electron chi connectivity index (χ2n) is 6.59. The van der Waals surface area contributed by atoms with Crippen LogP contribution in [-0.4, -0.2) is 17.5 Å². The molecular formula is C19H24N2S. The molecule has 1 aromatic carbocycles. The largest absolute Gasteiger partial charge is 0.381 e. The van der Waals surface area contributed by atoms with Gasteiger partial charge in [-0.3, -0.25) is 4.90 Å². The standard InChI is InChI=1S/C19H24N2S/c1-2-11-21-18(3-1)8-9-19(21)16-4-6-17(7-5-16)20-13-15-10-12-22-14-15/h4-7,10,12,14,18-20H,1-3,8-9,11,13H2. The van der Waals surface area contributed by atoms with Crippen molar-refractivity contribution in [3.8, 4) is 0 Å². The van der Waals surface area contributed by atoms with E-state index in [-0.39, 0.29) is 0 Å². The number of fused-ring (bicyclic) bond motifs is 1. The summed E-state index contributed by atoms with van der Waals surface area (Å²) < 4.78 is 0. The molecule has 2 saturated heterocycles. The molecule has 116 valence electrons. The Morgan fingerprint density at radius 1 is 1.05 bits per heavy atom. The van der Waals surface area contributed by atoms with E-state index < -0.39 is 0 Å². The number of nitrogens with zero attached hydrogens (tertiary/aromatic N) is 1. The van der Waals surface area contributed by atoms with Gasteiger partial charge < -0.3 is 5.32 Å². The Hall–Kier alpha value is -1.32. The Balaban J connectivity index is 1.41. The first-order valence-corrected chi connectivity index (χ1v) is 9.45. The van der Waals surface area contributed by atoms with E-state index in [1.54, 1.807) is 11.3 Å². The molecule has 3 heteroatoms. The fourth-order valence-corrected chi connectivity index (χ4v) is 4.71. The summed E-state index contributed by atoms with van der Waals surface area (Å²) in [5.41, 5.74) is 4.09. The normalized spacial score (nSPS) is 25.1. The highest BCUT2D eigenvalue weighted by Crippen LogP contribution is 2.40. The molecule has 2 nitrogen and oxygen atoms in total. The predicted octanol–water partition coefficient (Wildman–Crippen LogP) is 5.05. The van der Waals surface area contributed by atoms with Gasteiger partial charge in [0.1, 0.15) is 0 Å². The lowest BCUT2D eigenvalue weighted by atomic mass is 10.0. The van der Waals surface area contributed by atoms with Crippen LogP contribution in [0.2, 0.25) is 0 Å². The maximum Gasteiger partial charge on any atom is 0.0409 e. The summed E-state index contributed by atoms with van der Waals surface area (Å²) in [6, 6.07) is 12.9. The van der Waals surface area contributed by atoms with E-state index in [2.05, 4.69) is 51.3 Å². The smallest absolute Gasteiger partial charge is 0.0409 e. The Kier molecular flexibility index (Phi) is 4.17. The lowest BCUT2D eigenvalue weighted by molar-refractivity contribution is 0.150. The minimum atomic E-state index is 0.663. The molecule has 2 unspecified atom stereocenters. The van der Waals surface area contributed by atoms with Crippen LogP contribution in [0.4, 0.5) is 5.69 Å². The third-order valence-electron chi connectivity index (χ3n) is 5.22. The van der Waals surface area contributed by atoms with Crippen molar-refractivity contribution in [2.75, 3.05) is 11.9 Å². The molecule has 2 aliphatic heterocycles. The van der Waals surface area contributed by atoms with Crippen LogP contribution in [0.3, 0.4) is 0 Å². The van der Waals surface area contributed by atoms with Gasteiger partial charge in [0.15, 0.2) is 0 Å². The van der Waals surface area contributed by atoms with Gasteiger partial charge in [-0.2, -0.15) is 11.3 Å². The molecule has 0 radical (unpaired) electrons.